The highest BCUT2D eigenvalue weighted by Crippen LogP contribution is 2.61. The monoisotopic (exact) mass is 204 g/mol. The topological polar surface area (TPSA) is 17.1 Å². The van der Waals surface area contributed by atoms with Gasteiger partial charge >= 0.3 is 0 Å². The minimum atomic E-state index is 0.248. The first kappa shape index (κ1) is 10.7. The first-order valence-corrected chi connectivity index (χ1v) is 5.88. The maximum atomic E-state index is 11.5. The maximum Gasteiger partial charge on any atom is 0.159 e. The van der Waals surface area contributed by atoms with Crippen LogP contribution in [0.2, 0.25) is 0 Å². The fourth-order valence-electron chi connectivity index (χ4n) is 2.76. The summed E-state index contributed by atoms with van der Waals surface area (Å²) in [6.45, 7) is 6.77. The molecule has 2 unspecified atom stereocenters. The van der Waals surface area contributed by atoms with Gasteiger partial charge in [0.25, 0.3) is 0 Å². The minimum Gasteiger partial charge on any atom is -0.295 e. The Bertz CT molecular complexity index is 333. The molecular formula is C14H20O. The Morgan fingerprint density at radius 3 is 2.87 bits per heavy atom. The van der Waals surface area contributed by atoms with E-state index in [0.29, 0.717) is 17.8 Å². The van der Waals surface area contributed by atoms with E-state index in [0.717, 1.165) is 12.3 Å². The van der Waals surface area contributed by atoms with Crippen LogP contribution in [0.3, 0.4) is 0 Å². The average Bonchev–Trinajstić information content (AvgIpc) is 2.70. The van der Waals surface area contributed by atoms with E-state index in [4.69, 9.17) is 0 Å². The van der Waals surface area contributed by atoms with Crippen molar-refractivity contribution in [1.29, 1.82) is 0 Å². The van der Waals surface area contributed by atoms with Crippen LogP contribution in [0, 0.1) is 17.3 Å². The molecule has 2 aliphatic rings. The zero-order valence-corrected chi connectivity index (χ0v) is 9.92. The number of fused-ring (bicyclic) bond motifs is 1. The van der Waals surface area contributed by atoms with Crippen LogP contribution < -0.4 is 0 Å². The summed E-state index contributed by atoms with van der Waals surface area (Å²) < 4.78 is 0. The number of ketones is 1. The number of hydrogen-bond donors (Lipinski definition) is 0. The van der Waals surface area contributed by atoms with Gasteiger partial charge in [-0.15, -0.1) is 0 Å². The van der Waals surface area contributed by atoms with Crippen LogP contribution in [0.5, 0.6) is 0 Å². The largest absolute Gasteiger partial charge is 0.295 e. The molecule has 1 saturated carbocycles. The van der Waals surface area contributed by atoms with Gasteiger partial charge in [-0.1, -0.05) is 31.6 Å². The molecule has 0 radical (unpaired) electrons. The Kier molecular flexibility index (Phi) is 2.57. The molecule has 15 heavy (non-hydrogen) atoms. The lowest BCUT2D eigenvalue weighted by molar-refractivity contribution is -0.113. The Morgan fingerprint density at radius 2 is 2.13 bits per heavy atom. The van der Waals surface area contributed by atoms with Gasteiger partial charge in [-0.2, -0.15) is 0 Å². The van der Waals surface area contributed by atoms with E-state index in [-0.39, 0.29) is 5.78 Å². The molecule has 0 spiro atoms. The highest BCUT2D eigenvalue weighted by Gasteiger charge is 2.55. The van der Waals surface area contributed by atoms with E-state index >= 15 is 0 Å². The van der Waals surface area contributed by atoms with Crippen molar-refractivity contribution in [3.63, 3.8) is 0 Å². The highest BCUT2D eigenvalue weighted by molar-refractivity contribution is 5.90. The summed E-state index contributed by atoms with van der Waals surface area (Å²) >= 11 is 0. The van der Waals surface area contributed by atoms with Gasteiger partial charge in [0.2, 0.25) is 0 Å². The molecule has 0 aromatic rings. The molecule has 1 nitrogen and oxygen atoms in total. The Labute approximate surface area is 92.3 Å². The van der Waals surface area contributed by atoms with E-state index < -0.39 is 0 Å². The molecule has 0 saturated heterocycles. The Morgan fingerprint density at radius 1 is 1.40 bits per heavy atom. The minimum absolute atomic E-state index is 0.248. The summed E-state index contributed by atoms with van der Waals surface area (Å²) in [6.07, 6.45) is 9.04. The fraction of sp³-hybridized carbons (Fsp3) is 0.643. The summed E-state index contributed by atoms with van der Waals surface area (Å²) in [5.41, 5.74) is 1.79. The number of carbonyl (C=O) groups excluding carboxylic acids is 1. The molecule has 0 aliphatic heterocycles. The van der Waals surface area contributed by atoms with Crippen LogP contribution in [0.4, 0.5) is 0 Å². The van der Waals surface area contributed by atoms with Crippen molar-refractivity contribution >= 4 is 5.78 Å². The summed E-state index contributed by atoms with van der Waals surface area (Å²) in [7, 11) is 0. The predicted molar refractivity (Wildman–Crippen MR) is 62.5 cm³/mol. The zero-order chi connectivity index (χ0) is 11.1. The maximum absolute atomic E-state index is 11.5. The highest BCUT2D eigenvalue weighted by atomic mass is 16.1. The van der Waals surface area contributed by atoms with Gasteiger partial charge in [-0.25, -0.2) is 0 Å². The van der Waals surface area contributed by atoms with Crippen LogP contribution in [-0.2, 0) is 4.79 Å². The van der Waals surface area contributed by atoms with Gasteiger partial charge in [0.15, 0.2) is 5.78 Å². The summed E-state index contributed by atoms with van der Waals surface area (Å²) in [5.74, 6) is 1.66. The van der Waals surface area contributed by atoms with Gasteiger partial charge in [-0.3, -0.25) is 4.79 Å². The predicted octanol–water partition coefficient (Wildman–Crippen LogP) is 3.51. The van der Waals surface area contributed by atoms with Crippen LogP contribution in [-0.4, -0.2) is 5.78 Å². The first-order valence-electron chi connectivity index (χ1n) is 5.88. The second kappa shape index (κ2) is 3.62. The molecule has 1 heteroatoms. The molecule has 0 heterocycles. The van der Waals surface area contributed by atoms with E-state index in [2.05, 4.69) is 32.9 Å². The molecule has 2 aliphatic carbocycles. The molecule has 2 atom stereocenters. The van der Waals surface area contributed by atoms with Crippen LogP contribution in [0.15, 0.2) is 23.8 Å². The number of hydrogen-bond acceptors (Lipinski definition) is 1. The summed E-state index contributed by atoms with van der Waals surface area (Å²) in [6, 6.07) is 0. The van der Waals surface area contributed by atoms with Crippen molar-refractivity contribution in [3.05, 3.63) is 23.8 Å². The number of rotatable bonds is 0. The molecule has 0 aromatic carbocycles. The van der Waals surface area contributed by atoms with E-state index in [1.54, 1.807) is 6.08 Å². The SMILES string of the molecule is C/C1=C/CC(=O)/C=C\C2C(CC1)C2(C)C. The number of allylic oxidation sites excluding steroid dienone is 4. The smallest absolute Gasteiger partial charge is 0.159 e. The molecule has 2 rings (SSSR count). The Hall–Kier alpha value is -0.850. The normalized spacial score (nSPS) is 39.9. The van der Waals surface area contributed by atoms with Crippen molar-refractivity contribution < 1.29 is 4.79 Å². The van der Waals surface area contributed by atoms with Crippen LogP contribution in [0.25, 0.3) is 0 Å². The molecule has 82 valence electrons. The van der Waals surface area contributed by atoms with Crippen molar-refractivity contribution in [3.8, 4) is 0 Å². The third-order valence-electron chi connectivity index (χ3n) is 4.13. The van der Waals surface area contributed by atoms with Crippen molar-refractivity contribution in [2.24, 2.45) is 17.3 Å². The quantitative estimate of drug-likeness (QED) is 0.552. The Balaban J connectivity index is 2.15. The molecule has 0 N–H and O–H groups in total. The third-order valence-corrected chi connectivity index (χ3v) is 4.13. The van der Waals surface area contributed by atoms with Gasteiger partial charge < -0.3 is 0 Å². The molecule has 0 bridgehead atoms. The van der Waals surface area contributed by atoms with Crippen molar-refractivity contribution in [2.45, 2.75) is 40.0 Å². The zero-order valence-electron chi connectivity index (χ0n) is 9.92. The van der Waals surface area contributed by atoms with Gasteiger partial charge in [0, 0.05) is 6.42 Å². The second-order valence-corrected chi connectivity index (χ2v) is 5.57. The van der Waals surface area contributed by atoms with E-state index in [1.165, 1.54) is 12.0 Å². The number of carbonyl (C=O) groups is 1. The summed E-state index contributed by atoms with van der Waals surface area (Å²) in [4.78, 5) is 11.5. The lowest BCUT2D eigenvalue weighted by Crippen LogP contribution is -1.93. The molecule has 0 amide bonds. The van der Waals surface area contributed by atoms with Crippen molar-refractivity contribution in [2.75, 3.05) is 0 Å². The lowest BCUT2D eigenvalue weighted by atomic mass is 10.0. The van der Waals surface area contributed by atoms with Crippen LogP contribution >= 0.6 is 0 Å². The van der Waals surface area contributed by atoms with E-state index in [9.17, 15) is 4.79 Å². The lowest BCUT2D eigenvalue weighted by Gasteiger charge is -2.03. The fourth-order valence-corrected chi connectivity index (χ4v) is 2.76. The van der Waals surface area contributed by atoms with Gasteiger partial charge in [0.1, 0.15) is 0 Å². The molecular weight excluding hydrogens is 184 g/mol. The third kappa shape index (κ3) is 2.06. The standard InChI is InChI=1S/C14H20O/c1-10-4-6-11(15)7-9-13-12(8-5-10)14(13,2)3/h4,7,9,12-13H,5-6,8H2,1-3H3/b9-7-,10-4-. The van der Waals surface area contributed by atoms with Crippen molar-refractivity contribution in [1.82, 2.24) is 0 Å². The van der Waals surface area contributed by atoms with Gasteiger partial charge in [0.05, 0.1) is 0 Å². The first-order chi connectivity index (χ1) is 7.01. The van der Waals surface area contributed by atoms with Crippen LogP contribution in [0.1, 0.15) is 40.0 Å². The summed E-state index contributed by atoms with van der Waals surface area (Å²) in [5, 5.41) is 0. The second-order valence-electron chi connectivity index (χ2n) is 5.57. The van der Waals surface area contributed by atoms with Gasteiger partial charge in [-0.05, 0) is 43.1 Å². The molecule has 1 fully saturated rings. The van der Waals surface area contributed by atoms with E-state index in [1.807, 2.05) is 0 Å². The average molecular weight is 204 g/mol. The molecule has 0 aromatic heterocycles.